The van der Waals surface area contributed by atoms with Crippen LogP contribution in [-0.2, 0) is 16.6 Å². The molecule has 138 valence electrons. The van der Waals surface area contributed by atoms with Gasteiger partial charge in [0.2, 0.25) is 0 Å². The molecule has 0 unspecified atom stereocenters. The van der Waals surface area contributed by atoms with Crippen molar-refractivity contribution in [2.45, 2.75) is 46.1 Å². The standard InChI is InChI=1S/C18H27N3O4/c1-12-8-10-20(5)15(22)14(12)19-17(24)21-9-6-7-13(11-21)16(23)25-18(2,3)4/h8,10,13H,6-7,9,11H2,1-5H3,(H,19,24)/t13-/m1/s1. The van der Waals surface area contributed by atoms with E-state index >= 15 is 0 Å². The Morgan fingerprint density at radius 1 is 1.32 bits per heavy atom. The first kappa shape index (κ1) is 19.0. The van der Waals surface area contributed by atoms with Crippen LogP contribution < -0.4 is 10.9 Å². The summed E-state index contributed by atoms with van der Waals surface area (Å²) in [5, 5.41) is 2.70. The van der Waals surface area contributed by atoms with Crippen LogP contribution >= 0.6 is 0 Å². The summed E-state index contributed by atoms with van der Waals surface area (Å²) in [6.45, 7) is 8.10. The lowest BCUT2D eigenvalue weighted by Gasteiger charge is -2.33. The van der Waals surface area contributed by atoms with E-state index in [1.165, 1.54) is 4.57 Å². The number of hydrogen-bond acceptors (Lipinski definition) is 4. The molecule has 1 fully saturated rings. The number of aryl methyl sites for hydroxylation is 2. The first-order valence-corrected chi connectivity index (χ1v) is 8.53. The normalized spacial score (nSPS) is 18.0. The molecule has 7 nitrogen and oxygen atoms in total. The molecule has 1 aromatic rings. The lowest BCUT2D eigenvalue weighted by Crippen LogP contribution is -2.46. The van der Waals surface area contributed by atoms with Crippen molar-refractivity contribution < 1.29 is 14.3 Å². The summed E-state index contributed by atoms with van der Waals surface area (Å²) in [5.74, 6) is -0.616. The van der Waals surface area contributed by atoms with Crippen molar-refractivity contribution in [3.8, 4) is 0 Å². The van der Waals surface area contributed by atoms with Crippen LogP contribution in [0, 0.1) is 12.8 Å². The first-order chi connectivity index (χ1) is 11.6. The fourth-order valence-electron chi connectivity index (χ4n) is 2.80. The molecule has 2 amide bonds. The number of rotatable bonds is 2. The van der Waals surface area contributed by atoms with Crippen molar-refractivity contribution in [3.05, 3.63) is 28.2 Å². The molecular formula is C18H27N3O4. The second-order valence-corrected chi connectivity index (χ2v) is 7.54. The van der Waals surface area contributed by atoms with Crippen LogP contribution in [-0.4, -0.2) is 40.2 Å². The van der Waals surface area contributed by atoms with E-state index in [1.807, 2.05) is 20.8 Å². The second kappa shape index (κ2) is 7.29. The van der Waals surface area contributed by atoms with Crippen LogP contribution in [0.4, 0.5) is 10.5 Å². The second-order valence-electron chi connectivity index (χ2n) is 7.54. The summed E-state index contributed by atoms with van der Waals surface area (Å²) in [4.78, 5) is 38.6. The number of nitrogens with zero attached hydrogens (tertiary/aromatic N) is 2. The van der Waals surface area contributed by atoms with Crippen LogP contribution in [0.3, 0.4) is 0 Å². The van der Waals surface area contributed by atoms with Gasteiger partial charge in [-0.25, -0.2) is 4.79 Å². The van der Waals surface area contributed by atoms with Crippen molar-refractivity contribution in [1.82, 2.24) is 9.47 Å². The number of hydrogen-bond donors (Lipinski definition) is 1. The monoisotopic (exact) mass is 349 g/mol. The Bertz CT molecular complexity index is 718. The molecule has 25 heavy (non-hydrogen) atoms. The maximum absolute atomic E-state index is 12.6. The van der Waals surface area contributed by atoms with Crippen LogP contribution in [0.2, 0.25) is 0 Å². The minimum Gasteiger partial charge on any atom is -0.460 e. The van der Waals surface area contributed by atoms with Crippen LogP contribution in [0.25, 0.3) is 0 Å². The van der Waals surface area contributed by atoms with Crippen molar-refractivity contribution in [2.24, 2.45) is 13.0 Å². The number of amides is 2. The minimum absolute atomic E-state index is 0.256. The molecule has 0 spiro atoms. The number of likely N-dealkylation sites (tertiary alicyclic amines) is 1. The fourth-order valence-corrected chi connectivity index (χ4v) is 2.80. The number of carbonyl (C=O) groups is 2. The number of pyridine rings is 1. The molecule has 0 aliphatic carbocycles. The zero-order valence-electron chi connectivity index (χ0n) is 15.6. The molecule has 0 aromatic carbocycles. The molecule has 1 aromatic heterocycles. The minimum atomic E-state index is -0.547. The van der Waals surface area contributed by atoms with Gasteiger partial charge in [-0.2, -0.15) is 0 Å². The summed E-state index contributed by atoms with van der Waals surface area (Å²) in [7, 11) is 1.64. The molecule has 7 heteroatoms. The van der Waals surface area contributed by atoms with Gasteiger partial charge in [-0.15, -0.1) is 0 Å². The van der Waals surface area contributed by atoms with Gasteiger partial charge >= 0.3 is 12.0 Å². The van der Waals surface area contributed by atoms with Gasteiger partial charge in [-0.3, -0.25) is 9.59 Å². The predicted octanol–water partition coefficient (Wildman–Crippen LogP) is 2.28. The lowest BCUT2D eigenvalue weighted by molar-refractivity contribution is -0.161. The van der Waals surface area contributed by atoms with E-state index in [4.69, 9.17) is 4.74 Å². The van der Waals surface area contributed by atoms with Crippen molar-refractivity contribution in [2.75, 3.05) is 18.4 Å². The lowest BCUT2D eigenvalue weighted by atomic mass is 9.98. The molecule has 1 atom stereocenters. The molecule has 1 aliphatic heterocycles. The molecule has 1 aliphatic rings. The van der Waals surface area contributed by atoms with E-state index in [1.54, 1.807) is 31.1 Å². The number of anilines is 1. The maximum atomic E-state index is 12.6. The summed E-state index contributed by atoms with van der Waals surface area (Å²) < 4.78 is 6.85. The van der Waals surface area contributed by atoms with Crippen molar-refractivity contribution in [1.29, 1.82) is 0 Å². The fraction of sp³-hybridized carbons (Fsp3) is 0.611. The number of piperidine rings is 1. The summed E-state index contributed by atoms with van der Waals surface area (Å²) in [6.07, 6.45) is 3.08. The smallest absolute Gasteiger partial charge is 0.322 e. The van der Waals surface area contributed by atoms with Gasteiger partial charge in [0.05, 0.1) is 5.92 Å². The highest BCUT2D eigenvalue weighted by molar-refractivity contribution is 5.90. The third-order valence-electron chi connectivity index (χ3n) is 4.16. The average Bonchev–Trinajstić information content (AvgIpc) is 2.53. The molecule has 2 heterocycles. The van der Waals surface area contributed by atoms with Crippen LogP contribution in [0.15, 0.2) is 17.1 Å². The summed E-state index contributed by atoms with van der Waals surface area (Å²) in [6, 6.07) is 1.41. The van der Waals surface area contributed by atoms with E-state index < -0.39 is 5.60 Å². The Kier molecular flexibility index (Phi) is 5.55. The summed E-state index contributed by atoms with van der Waals surface area (Å²) in [5.41, 5.74) is 0.176. The molecular weight excluding hydrogens is 322 g/mol. The third kappa shape index (κ3) is 4.84. The zero-order chi connectivity index (χ0) is 18.8. The van der Waals surface area contributed by atoms with Crippen LogP contribution in [0.1, 0.15) is 39.2 Å². The molecule has 1 saturated heterocycles. The summed E-state index contributed by atoms with van der Waals surface area (Å²) >= 11 is 0. The number of nitrogens with one attached hydrogen (secondary N) is 1. The Morgan fingerprint density at radius 3 is 2.64 bits per heavy atom. The van der Waals surface area contributed by atoms with Gasteiger partial charge in [-0.1, -0.05) is 0 Å². The number of esters is 1. The molecule has 0 saturated carbocycles. The number of urea groups is 1. The first-order valence-electron chi connectivity index (χ1n) is 8.53. The number of aromatic nitrogens is 1. The molecule has 1 N–H and O–H groups in total. The van der Waals surface area contributed by atoms with E-state index in [0.717, 1.165) is 6.42 Å². The quantitative estimate of drug-likeness (QED) is 0.831. The molecule has 0 radical (unpaired) electrons. The highest BCUT2D eigenvalue weighted by Crippen LogP contribution is 2.21. The van der Waals surface area contributed by atoms with E-state index in [0.29, 0.717) is 25.1 Å². The third-order valence-corrected chi connectivity index (χ3v) is 4.16. The Balaban J connectivity index is 2.07. The Hall–Kier alpha value is -2.31. The van der Waals surface area contributed by atoms with Crippen molar-refractivity contribution >= 4 is 17.7 Å². The topological polar surface area (TPSA) is 80.6 Å². The molecule has 0 bridgehead atoms. The number of ether oxygens (including phenoxy) is 1. The van der Waals surface area contributed by atoms with Crippen LogP contribution in [0.5, 0.6) is 0 Å². The van der Waals surface area contributed by atoms with Gasteiger partial charge in [0.15, 0.2) is 0 Å². The zero-order valence-corrected chi connectivity index (χ0v) is 15.6. The highest BCUT2D eigenvalue weighted by atomic mass is 16.6. The largest absolute Gasteiger partial charge is 0.460 e. The van der Waals surface area contributed by atoms with Gasteiger partial charge < -0.3 is 19.5 Å². The molecule has 2 rings (SSSR count). The van der Waals surface area contributed by atoms with Gasteiger partial charge in [0.25, 0.3) is 5.56 Å². The Labute approximate surface area is 148 Å². The SMILES string of the molecule is Cc1ccn(C)c(=O)c1NC(=O)N1CCC[C@@H](C(=O)OC(C)(C)C)C1. The van der Waals surface area contributed by atoms with E-state index in [9.17, 15) is 14.4 Å². The van der Waals surface area contributed by atoms with E-state index in [2.05, 4.69) is 5.32 Å². The van der Waals surface area contributed by atoms with Gasteiger partial charge in [0, 0.05) is 26.3 Å². The average molecular weight is 349 g/mol. The highest BCUT2D eigenvalue weighted by Gasteiger charge is 2.32. The maximum Gasteiger partial charge on any atom is 0.322 e. The Morgan fingerprint density at radius 2 is 2.00 bits per heavy atom. The van der Waals surface area contributed by atoms with Crippen molar-refractivity contribution in [3.63, 3.8) is 0 Å². The van der Waals surface area contributed by atoms with Gasteiger partial charge in [-0.05, 0) is 52.2 Å². The van der Waals surface area contributed by atoms with Gasteiger partial charge in [0.1, 0.15) is 11.3 Å². The van der Waals surface area contributed by atoms with E-state index in [-0.39, 0.29) is 29.2 Å². The number of carbonyl (C=O) groups excluding carboxylic acids is 2. The predicted molar refractivity (Wildman–Crippen MR) is 95.6 cm³/mol.